The number of ether oxygens (including phenoxy) is 2. The SMILES string of the molecule is CC.CC.CCC1(NC(=O)OC)CCOCC1. The summed E-state index contributed by atoms with van der Waals surface area (Å²) < 4.78 is 9.84. The largest absolute Gasteiger partial charge is 0.453 e. The summed E-state index contributed by atoms with van der Waals surface area (Å²) in [5.41, 5.74) is -0.106. The number of carbonyl (C=O) groups excluding carboxylic acids is 1. The summed E-state index contributed by atoms with van der Waals surface area (Å²) in [6.07, 6.45) is 2.33. The molecule has 0 bridgehead atoms. The fraction of sp³-hybridized carbons (Fsp3) is 0.923. The van der Waals surface area contributed by atoms with Crippen molar-refractivity contribution in [3.8, 4) is 0 Å². The Morgan fingerprint density at radius 2 is 1.71 bits per heavy atom. The molecule has 0 radical (unpaired) electrons. The van der Waals surface area contributed by atoms with Crippen LogP contribution in [0.25, 0.3) is 0 Å². The van der Waals surface area contributed by atoms with E-state index in [4.69, 9.17) is 4.74 Å². The van der Waals surface area contributed by atoms with Crippen LogP contribution in [0.15, 0.2) is 0 Å². The average molecular weight is 247 g/mol. The van der Waals surface area contributed by atoms with E-state index in [1.165, 1.54) is 7.11 Å². The highest BCUT2D eigenvalue weighted by atomic mass is 16.5. The maximum Gasteiger partial charge on any atom is 0.407 e. The quantitative estimate of drug-likeness (QED) is 0.814. The highest BCUT2D eigenvalue weighted by Crippen LogP contribution is 2.24. The van der Waals surface area contributed by atoms with Gasteiger partial charge in [0.05, 0.1) is 7.11 Å². The summed E-state index contributed by atoms with van der Waals surface area (Å²) in [4.78, 5) is 11.1. The zero-order chi connectivity index (χ0) is 13.7. The summed E-state index contributed by atoms with van der Waals surface area (Å²) in [5.74, 6) is 0. The van der Waals surface area contributed by atoms with E-state index in [9.17, 15) is 4.79 Å². The molecule has 17 heavy (non-hydrogen) atoms. The van der Waals surface area contributed by atoms with Gasteiger partial charge in [0, 0.05) is 18.8 Å². The van der Waals surface area contributed by atoms with E-state index < -0.39 is 0 Å². The van der Waals surface area contributed by atoms with Gasteiger partial charge in [0.15, 0.2) is 0 Å². The van der Waals surface area contributed by atoms with Crippen molar-refractivity contribution in [2.75, 3.05) is 20.3 Å². The Balaban J connectivity index is 0. The minimum atomic E-state index is -0.344. The van der Waals surface area contributed by atoms with Crippen LogP contribution in [0.1, 0.15) is 53.9 Å². The molecule has 1 N–H and O–H groups in total. The molecule has 1 saturated heterocycles. The van der Waals surface area contributed by atoms with Gasteiger partial charge in [-0.15, -0.1) is 0 Å². The molecule has 0 aromatic heterocycles. The first-order chi connectivity index (χ1) is 8.22. The number of methoxy groups -OCH3 is 1. The normalized spacial score (nSPS) is 16.6. The van der Waals surface area contributed by atoms with Crippen LogP contribution < -0.4 is 5.32 Å². The van der Waals surface area contributed by atoms with E-state index in [-0.39, 0.29) is 11.6 Å². The van der Waals surface area contributed by atoms with Crippen LogP contribution in [0.3, 0.4) is 0 Å². The first-order valence-corrected chi connectivity index (χ1v) is 6.66. The van der Waals surface area contributed by atoms with E-state index in [0.717, 1.165) is 32.5 Å². The van der Waals surface area contributed by atoms with E-state index in [2.05, 4.69) is 17.0 Å². The van der Waals surface area contributed by atoms with Gasteiger partial charge in [-0.1, -0.05) is 34.6 Å². The molecule has 0 aromatic carbocycles. The van der Waals surface area contributed by atoms with Crippen LogP contribution in [0.5, 0.6) is 0 Å². The monoisotopic (exact) mass is 247 g/mol. The first kappa shape index (κ1) is 18.6. The minimum absolute atomic E-state index is 0.106. The smallest absolute Gasteiger partial charge is 0.407 e. The van der Waals surface area contributed by atoms with Crippen LogP contribution in [0, 0.1) is 0 Å². The van der Waals surface area contributed by atoms with E-state index in [1.807, 2.05) is 27.7 Å². The van der Waals surface area contributed by atoms with Crippen molar-refractivity contribution >= 4 is 6.09 Å². The second-order valence-corrected chi connectivity index (χ2v) is 3.36. The van der Waals surface area contributed by atoms with E-state index in [1.54, 1.807) is 0 Å². The van der Waals surface area contributed by atoms with Crippen LogP contribution in [-0.4, -0.2) is 32.0 Å². The van der Waals surface area contributed by atoms with Crippen molar-refractivity contribution in [1.29, 1.82) is 0 Å². The van der Waals surface area contributed by atoms with Crippen molar-refractivity contribution in [3.05, 3.63) is 0 Å². The number of carbonyl (C=O) groups is 1. The Kier molecular flexibility index (Phi) is 12.8. The van der Waals surface area contributed by atoms with E-state index in [0.29, 0.717) is 0 Å². The molecule has 1 heterocycles. The Hall–Kier alpha value is -0.770. The van der Waals surface area contributed by atoms with Gasteiger partial charge in [-0.05, 0) is 19.3 Å². The number of hydrogen-bond acceptors (Lipinski definition) is 3. The van der Waals surface area contributed by atoms with Gasteiger partial charge in [0.2, 0.25) is 0 Å². The predicted octanol–water partition coefficient (Wildman–Crippen LogP) is 3.35. The zero-order valence-corrected chi connectivity index (χ0v) is 12.3. The molecule has 0 saturated carbocycles. The highest BCUT2D eigenvalue weighted by Gasteiger charge is 2.32. The Morgan fingerprint density at radius 1 is 1.24 bits per heavy atom. The lowest BCUT2D eigenvalue weighted by Crippen LogP contribution is -2.51. The third kappa shape index (κ3) is 7.21. The number of hydrogen-bond donors (Lipinski definition) is 1. The van der Waals surface area contributed by atoms with E-state index >= 15 is 0 Å². The van der Waals surface area contributed by atoms with Crippen molar-refractivity contribution in [2.24, 2.45) is 0 Å². The van der Waals surface area contributed by atoms with Gasteiger partial charge >= 0.3 is 6.09 Å². The number of nitrogens with one attached hydrogen (secondary N) is 1. The fourth-order valence-corrected chi connectivity index (χ4v) is 1.60. The maximum atomic E-state index is 11.1. The summed E-state index contributed by atoms with van der Waals surface area (Å²) >= 11 is 0. The molecule has 0 atom stereocenters. The third-order valence-electron chi connectivity index (χ3n) is 2.68. The molecular weight excluding hydrogens is 218 g/mol. The number of rotatable bonds is 2. The second kappa shape index (κ2) is 11.7. The molecule has 0 unspecified atom stereocenters. The van der Waals surface area contributed by atoms with Crippen LogP contribution in [0.2, 0.25) is 0 Å². The third-order valence-corrected chi connectivity index (χ3v) is 2.68. The molecule has 0 aromatic rings. The lowest BCUT2D eigenvalue weighted by molar-refractivity contribution is 0.0357. The minimum Gasteiger partial charge on any atom is -0.453 e. The Labute approximate surface area is 106 Å². The molecule has 0 spiro atoms. The summed E-state index contributed by atoms with van der Waals surface area (Å²) in [6.45, 7) is 11.5. The molecule has 4 heteroatoms. The molecule has 1 rings (SSSR count). The van der Waals surface area contributed by atoms with Crippen molar-refractivity contribution in [3.63, 3.8) is 0 Å². The number of amides is 1. The maximum absolute atomic E-state index is 11.1. The Bertz CT molecular complexity index is 178. The van der Waals surface area contributed by atoms with Crippen molar-refractivity contribution < 1.29 is 14.3 Å². The molecule has 0 aliphatic carbocycles. The molecule has 1 fully saturated rings. The van der Waals surface area contributed by atoms with Gasteiger partial charge in [-0.3, -0.25) is 0 Å². The van der Waals surface area contributed by atoms with Gasteiger partial charge in [0.1, 0.15) is 0 Å². The molecule has 1 amide bonds. The summed E-state index contributed by atoms with van der Waals surface area (Å²) in [6, 6.07) is 0. The lowest BCUT2D eigenvalue weighted by Gasteiger charge is -2.36. The highest BCUT2D eigenvalue weighted by molar-refractivity contribution is 5.68. The van der Waals surface area contributed by atoms with Crippen LogP contribution in [0.4, 0.5) is 4.79 Å². The second-order valence-electron chi connectivity index (χ2n) is 3.36. The molecule has 1 aliphatic heterocycles. The number of alkyl carbamates (subject to hydrolysis) is 1. The van der Waals surface area contributed by atoms with Crippen LogP contribution in [-0.2, 0) is 9.47 Å². The topological polar surface area (TPSA) is 47.6 Å². The zero-order valence-electron chi connectivity index (χ0n) is 12.3. The molecule has 4 nitrogen and oxygen atoms in total. The Morgan fingerprint density at radius 3 is 2.06 bits per heavy atom. The van der Waals surface area contributed by atoms with Gasteiger partial charge in [-0.2, -0.15) is 0 Å². The summed E-state index contributed by atoms with van der Waals surface area (Å²) in [5, 5.41) is 2.89. The van der Waals surface area contributed by atoms with Crippen molar-refractivity contribution in [1.82, 2.24) is 5.32 Å². The molecular formula is C13H29NO3. The average Bonchev–Trinajstić information content (AvgIpc) is 2.44. The molecule has 1 aliphatic rings. The van der Waals surface area contributed by atoms with Crippen molar-refractivity contribution in [2.45, 2.75) is 59.4 Å². The fourth-order valence-electron chi connectivity index (χ4n) is 1.60. The van der Waals surface area contributed by atoms with Gasteiger partial charge in [0.25, 0.3) is 0 Å². The first-order valence-electron chi connectivity index (χ1n) is 6.66. The standard InChI is InChI=1S/C9H17NO3.2C2H6/c1-3-9(10-8(11)12-2)4-6-13-7-5-9;2*1-2/h3-7H2,1-2H3,(H,10,11);2*1-2H3. The summed E-state index contributed by atoms with van der Waals surface area (Å²) in [7, 11) is 1.39. The van der Waals surface area contributed by atoms with Crippen LogP contribution >= 0.6 is 0 Å². The lowest BCUT2D eigenvalue weighted by atomic mass is 9.87. The van der Waals surface area contributed by atoms with Gasteiger partial charge < -0.3 is 14.8 Å². The van der Waals surface area contributed by atoms with Gasteiger partial charge in [-0.25, -0.2) is 4.79 Å². The predicted molar refractivity (Wildman–Crippen MR) is 71.3 cm³/mol. The molecule has 104 valence electrons.